The summed E-state index contributed by atoms with van der Waals surface area (Å²) < 4.78 is 5.29. The maximum absolute atomic E-state index is 12.7. The fourth-order valence-corrected chi connectivity index (χ4v) is 3.60. The highest BCUT2D eigenvalue weighted by atomic mass is 32.2. The first-order valence-electron chi connectivity index (χ1n) is 8.89. The molecule has 6 heteroatoms. The number of hydrogen-bond donors (Lipinski definition) is 1. The van der Waals surface area contributed by atoms with Gasteiger partial charge in [-0.15, -0.1) is 11.8 Å². The van der Waals surface area contributed by atoms with Crippen molar-refractivity contribution in [3.63, 3.8) is 0 Å². The lowest BCUT2D eigenvalue weighted by Crippen LogP contribution is -2.23. The number of carbonyl (C=O) groups is 2. The van der Waals surface area contributed by atoms with Crippen LogP contribution in [0.25, 0.3) is 0 Å². The van der Waals surface area contributed by atoms with E-state index in [9.17, 15) is 9.59 Å². The van der Waals surface area contributed by atoms with Crippen molar-refractivity contribution in [1.29, 1.82) is 5.26 Å². The Hall–Kier alpha value is -3.56. The Balaban J connectivity index is 1.63. The van der Waals surface area contributed by atoms with E-state index in [4.69, 9.17) is 10.00 Å². The summed E-state index contributed by atoms with van der Waals surface area (Å²) in [5, 5.41) is 10.9. The third kappa shape index (κ3) is 5.96. The zero-order valence-corrected chi connectivity index (χ0v) is 16.3. The van der Waals surface area contributed by atoms with Crippen LogP contribution >= 0.6 is 11.8 Å². The zero-order valence-electron chi connectivity index (χ0n) is 15.4. The van der Waals surface area contributed by atoms with E-state index in [-0.39, 0.29) is 0 Å². The molecule has 0 heterocycles. The van der Waals surface area contributed by atoms with E-state index >= 15 is 0 Å². The van der Waals surface area contributed by atoms with Crippen LogP contribution in [-0.2, 0) is 14.3 Å². The van der Waals surface area contributed by atoms with Gasteiger partial charge < -0.3 is 10.1 Å². The number of nitrogens with zero attached hydrogens (tertiary/aromatic N) is 1. The molecule has 0 aliphatic carbocycles. The molecule has 0 saturated carbocycles. The predicted molar refractivity (Wildman–Crippen MR) is 112 cm³/mol. The second kappa shape index (κ2) is 10.1. The summed E-state index contributed by atoms with van der Waals surface area (Å²) >= 11 is 1.37. The van der Waals surface area contributed by atoms with Crippen molar-refractivity contribution in [3.8, 4) is 6.07 Å². The van der Waals surface area contributed by atoms with Crippen LogP contribution < -0.4 is 5.32 Å². The molecule has 1 amide bonds. The molecule has 0 fully saturated rings. The molecule has 3 aromatic rings. The minimum Gasteiger partial charge on any atom is -0.454 e. The molecule has 5 nitrogen and oxygen atoms in total. The first kappa shape index (κ1) is 20.2. The highest BCUT2D eigenvalue weighted by Crippen LogP contribution is 2.36. The third-order valence-electron chi connectivity index (χ3n) is 3.96. The van der Waals surface area contributed by atoms with Gasteiger partial charge in [0.1, 0.15) is 5.25 Å². The Morgan fingerprint density at radius 3 is 2.17 bits per heavy atom. The molecular formula is C23H18N2O3S. The Labute approximate surface area is 173 Å². The first-order chi connectivity index (χ1) is 14.2. The molecule has 0 unspecified atom stereocenters. The fraction of sp³-hybridized carbons (Fsp3) is 0.0870. The average Bonchev–Trinajstić information content (AvgIpc) is 2.77. The highest BCUT2D eigenvalue weighted by Gasteiger charge is 2.24. The number of hydrogen-bond acceptors (Lipinski definition) is 5. The smallest absolute Gasteiger partial charge is 0.324 e. The minimum absolute atomic E-state index is 0.391. The molecule has 0 aromatic heterocycles. The average molecular weight is 402 g/mol. The van der Waals surface area contributed by atoms with Gasteiger partial charge in [-0.2, -0.15) is 5.26 Å². The largest absolute Gasteiger partial charge is 0.454 e. The lowest BCUT2D eigenvalue weighted by Gasteiger charge is -2.16. The molecule has 29 heavy (non-hydrogen) atoms. The van der Waals surface area contributed by atoms with E-state index in [1.54, 1.807) is 24.3 Å². The van der Waals surface area contributed by atoms with Gasteiger partial charge >= 0.3 is 5.97 Å². The van der Waals surface area contributed by atoms with Crippen LogP contribution in [0.1, 0.15) is 16.4 Å². The summed E-state index contributed by atoms with van der Waals surface area (Å²) in [6.07, 6.45) is 0. The summed E-state index contributed by atoms with van der Waals surface area (Å²) in [4.78, 5) is 25.8. The van der Waals surface area contributed by atoms with E-state index < -0.39 is 23.7 Å². The second-order valence-corrected chi connectivity index (χ2v) is 7.25. The normalized spacial score (nSPS) is 11.1. The summed E-state index contributed by atoms with van der Waals surface area (Å²) in [6.45, 7) is -0.391. The summed E-state index contributed by atoms with van der Waals surface area (Å²) in [5.74, 6) is -0.931. The lowest BCUT2D eigenvalue weighted by molar-refractivity contribution is -0.146. The number of esters is 1. The molecule has 0 radical (unpaired) electrons. The zero-order chi connectivity index (χ0) is 20.5. The molecule has 0 spiro atoms. The number of ether oxygens (including phenoxy) is 1. The summed E-state index contributed by atoms with van der Waals surface area (Å²) in [6, 6.07) is 27.3. The number of rotatable bonds is 7. The molecule has 1 N–H and O–H groups in total. The number of benzene rings is 3. The predicted octanol–water partition coefficient (Wildman–Crippen LogP) is 4.57. The molecule has 0 bridgehead atoms. The van der Waals surface area contributed by atoms with Gasteiger partial charge in [0.15, 0.2) is 6.61 Å². The van der Waals surface area contributed by atoms with E-state index in [1.807, 2.05) is 66.7 Å². The maximum Gasteiger partial charge on any atom is 0.324 e. The molecule has 0 aliphatic rings. The topological polar surface area (TPSA) is 79.2 Å². The van der Waals surface area contributed by atoms with Crippen molar-refractivity contribution in [2.24, 2.45) is 0 Å². The minimum atomic E-state index is -0.582. The first-order valence-corrected chi connectivity index (χ1v) is 9.77. The molecule has 144 valence electrons. The number of carbonyl (C=O) groups excluding carboxylic acids is 2. The van der Waals surface area contributed by atoms with Gasteiger partial charge in [0.25, 0.3) is 5.91 Å². The monoisotopic (exact) mass is 402 g/mol. The van der Waals surface area contributed by atoms with Crippen LogP contribution in [0.5, 0.6) is 0 Å². The fourth-order valence-electron chi connectivity index (χ4n) is 2.55. The number of nitriles is 1. The lowest BCUT2D eigenvalue weighted by atomic mass is 10.1. The standard InChI is InChI=1S/C23H18N2O3S/c24-15-17-11-13-19(14-12-17)25-21(26)16-28-23(27)22(18-7-3-1-4-8-18)29-20-9-5-2-6-10-20/h1-14,22H,16H2,(H,25,26)/t22-/m1/s1. The number of amides is 1. The van der Waals surface area contributed by atoms with Gasteiger partial charge in [0, 0.05) is 10.6 Å². The van der Waals surface area contributed by atoms with Crippen molar-refractivity contribution in [2.75, 3.05) is 11.9 Å². The van der Waals surface area contributed by atoms with Gasteiger partial charge in [-0.25, -0.2) is 0 Å². The van der Waals surface area contributed by atoms with Crippen LogP contribution in [0.2, 0.25) is 0 Å². The van der Waals surface area contributed by atoms with E-state index in [0.717, 1.165) is 10.5 Å². The van der Waals surface area contributed by atoms with Crippen LogP contribution in [0, 0.1) is 11.3 Å². The van der Waals surface area contributed by atoms with Crippen molar-refractivity contribution < 1.29 is 14.3 Å². The van der Waals surface area contributed by atoms with Crippen molar-refractivity contribution in [3.05, 3.63) is 96.1 Å². The molecule has 3 rings (SSSR count). The number of anilines is 1. The molecule has 0 aliphatic heterocycles. The van der Waals surface area contributed by atoms with Crippen molar-refractivity contribution in [1.82, 2.24) is 0 Å². The van der Waals surface area contributed by atoms with E-state index in [0.29, 0.717) is 11.3 Å². The number of nitrogens with one attached hydrogen (secondary N) is 1. The Kier molecular flexibility index (Phi) is 7.04. The van der Waals surface area contributed by atoms with Gasteiger partial charge in [-0.1, -0.05) is 48.5 Å². The molecule has 0 saturated heterocycles. The Morgan fingerprint density at radius 2 is 1.55 bits per heavy atom. The third-order valence-corrected chi connectivity index (χ3v) is 5.20. The van der Waals surface area contributed by atoms with Gasteiger partial charge in [-0.05, 0) is 42.0 Å². The van der Waals surface area contributed by atoms with E-state index in [1.165, 1.54) is 11.8 Å². The highest BCUT2D eigenvalue weighted by molar-refractivity contribution is 8.00. The van der Waals surface area contributed by atoms with Gasteiger partial charge in [0.05, 0.1) is 11.6 Å². The second-order valence-electron chi connectivity index (χ2n) is 6.07. The van der Waals surface area contributed by atoms with E-state index in [2.05, 4.69) is 5.32 Å². The quantitative estimate of drug-likeness (QED) is 0.462. The van der Waals surface area contributed by atoms with Crippen molar-refractivity contribution >= 4 is 29.3 Å². The number of thioether (sulfide) groups is 1. The maximum atomic E-state index is 12.7. The Morgan fingerprint density at radius 1 is 0.931 bits per heavy atom. The summed E-state index contributed by atoms with van der Waals surface area (Å²) in [5.41, 5.74) is 1.83. The molecular weight excluding hydrogens is 384 g/mol. The van der Waals surface area contributed by atoms with Crippen LogP contribution in [-0.4, -0.2) is 18.5 Å². The SMILES string of the molecule is N#Cc1ccc(NC(=O)COC(=O)[C@H](Sc2ccccc2)c2ccccc2)cc1. The van der Waals surface area contributed by atoms with Gasteiger partial charge in [-0.3, -0.25) is 9.59 Å². The van der Waals surface area contributed by atoms with Gasteiger partial charge in [0.2, 0.25) is 0 Å². The van der Waals surface area contributed by atoms with Crippen LogP contribution in [0.3, 0.4) is 0 Å². The Bertz CT molecular complexity index is 1000. The molecule has 1 atom stereocenters. The van der Waals surface area contributed by atoms with Crippen molar-refractivity contribution in [2.45, 2.75) is 10.1 Å². The summed E-state index contributed by atoms with van der Waals surface area (Å²) in [7, 11) is 0. The molecule has 3 aromatic carbocycles. The van der Waals surface area contributed by atoms with Crippen LogP contribution in [0.15, 0.2) is 89.8 Å². The van der Waals surface area contributed by atoms with Crippen LogP contribution in [0.4, 0.5) is 5.69 Å².